The number of carboxylic acids is 1. The number of hydrogen-bond acceptors (Lipinski definition) is 7. The van der Waals surface area contributed by atoms with E-state index in [4.69, 9.17) is 9.84 Å². The number of nitrogens with zero attached hydrogens (tertiary/aromatic N) is 2. The maximum Gasteiger partial charge on any atom is 0.407 e. The lowest BCUT2D eigenvalue weighted by Gasteiger charge is -2.21. The molecule has 2 amide bonds. The molecule has 9 nitrogen and oxygen atoms in total. The number of benzene rings is 2. The molecule has 0 fully saturated rings. The van der Waals surface area contributed by atoms with Crippen molar-refractivity contribution in [2.45, 2.75) is 37.8 Å². The molecule has 1 aliphatic carbocycles. The van der Waals surface area contributed by atoms with Gasteiger partial charge in [-0.1, -0.05) is 53.0 Å². The Balaban J connectivity index is 1.41. The molecule has 0 aliphatic heterocycles. The van der Waals surface area contributed by atoms with Gasteiger partial charge in [0.05, 0.1) is 11.7 Å². The largest absolute Gasteiger partial charge is 0.481 e. The van der Waals surface area contributed by atoms with Crippen molar-refractivity contribution < 1.29 is 24.2 Å². The molecule has 3 aromatic rings. The predicted molar refractivity (Wildman–Crippen MR) is 125 cm³/mol. The van der Waals surface area contributed by atoms with Crippen molar-refractivity contribution in [1.82, 2.24) is 20.2 Å². The molecule has 0 saturated carbocycles. The van der Waals surface area contributed by atoms with Gasteiger partial charge in [0.25, 0.3) is 0 Å². The number of aliphatic carboxylic acids is 1. The standard InChI is InChI=1S/C24H24N4O5S/c1-14(21-13-34-28-27-21)25-23(31)20(10-11-22(29)30)26-24(32)33-12-19-17-8-4-2-6-15(17)16-7-3-5-9-18(16)19/h2-9,13-14,19-20H,10-12H2,1H3,(H,25,31)(H,26,32)(H,29,30). The lowest BCUT2D eigenvalue weighted by Crippen LogP contribution is -2.48. The van der Waals surface area contributed by atoms with Crippen LogP contribution in [0.1, 0.15) is 48.5 Å². The van der Waals surface area contributed by atoms with Gasteiger partial charge in [-0.05, 0) is 47.1 Å². The number of carbonyl (C=O) groups is 3. The van der Waals surface area contributed by atoms with Crippen LogP contribution in [0.5, 0.6) is 0 Å². The first kappa shape index (κ1) is 23.4. The molecule has 176 valence electrons. The molecular weight excluding hydrogens is 456 g/mol. The summed E-state index contributed by atoms with van der Waals surface area (Å²) in [4.78, 5) is 36.4. The Morgan fingerprint density at radius 2 is 1.71 bits per heavy atom. The Bertz CT molecular complexity index is 1140. The van der Waals surface area contributed by atoms with Gasteiger partial charge in [0, 0.05) is 17.7 Å². The highest BCUT2D eigenvalue weighted by Crippen LogP contribution is 2.44. The van der Waals surface area contributed by atoms with Crippen LogP contribution in [0.4, 0.5) is 4.79 Å². The maximum atomic E-state index is 12.8. The van der Waals surface area contributed by atoms with Gasteiger partial charge < -0.3 is 20.5 Å². The number of rotatable bonds is 9. The minimum absolute atomic E-state index is 0.0760. The van der Waals surface area contributed by atoms with Crippen molar-refractivity contribution >= 4 is 29.5 Å². The van der Waals surface area contributed by atoms with Gasteiger partial charge in [-0.3, -0.25) is 9.59 Å². The highest BCUT2D eigenvalue weighted by molar-refractivity contribution is 7.03. The van der Waals surface area contributed by atoms with E-state index < -0.39 is 30.1 Å². The van der Waals surface area contributed by atoms with E-state index in [1.807, 2.05) is 48.5 Å². The van der Waals surface area contributed by atoms with E-state index in [2.05, 4.69) is 20.2 Å². The zero-order valence-electron chi connectivity index (χ0n) is 18.4. The van der Waals surface area contributed by atoms with Crippen LogP contribution in [0.25, 0.3) is 11.1 Å². The van der Waals surface area contributed by atoms with Crippen LogP contribution < -0.4 is 10.6 Å². The number of carboxylic acid groups (broad SMARTS) is 1. The first-order valence-electron chi connectivity index (χ1n) is 10.8. The molecule has 3 N–H and O–H groups in total. The molecule has 0 saturated heterocycles. The third-order valence-corrected chi connectivity index (χ3v) is 6.30. The van der Waals surface area contributed by atoms with E-state index in [0.717, 1.165) is 33.8 Å². The third-order valence-electron chi connectivity index (χ3n) is 5.78. The quantitative estimate of drug-likeness (QED) is 0.427. The SMILES string of the molecule is CC(NC(=O)C(CCC(=O)O)NC(=O)OCC1c2ccccc2-c2ccccc21)c1csnn1. The average Bonchev–Trinajstić information content (AvgIpc) is 3.47. The topological polar surface area (TPSA) is 131 Å². The molecule has 1 heterocycles. The van der Waals surface area contributed by atoms with Crippen molar-refractivity contribution in [1.29, 1.82) is 0 Å². The molecule has 10 heteroatoms. The normalized spacial score (nSPS) is 13.9. The van der Waals surface area contributed by atoms with Gasteiger partial charge in [0.2, 0.25) is 5.91 Å². The molecule has 2 aromatic carbocycles. The number of ether oxygens (including phenoxy) is 1. The Labute approximate surface area is 200 Å². The zero-order chi connectivity index (χ0) is 24.1. The fraction of sp³-hybridized carbons (Fsp3) is 0.292. The molecule has 1 aromatic heterocycles. The molecule has 2 atom stereocenters. The molecule has 0 bridgehead atoms. The smallest absolute Gasteiger partial charge is 0.407 e. The van der Waals surface area contributed by atoms with Crippen LogP contribution in [0.2, 0.25) is 0 Å². The fourth-order valence-corrected chi connectivity index (χ4v) is 4.62. The van der Waals surface area contributed by atoms with Crippen molar-refractivity contribution in [3.05, 3.63) is 70.7 Å². The lowest BCUT2D eigenvalue weighted by molar-refractivity contribution is -0.137. The second-order valence-electron chi connectivity index (χ2n) is 8.01. The molecule has 1 aliphatic rings. The van der Waals surface area contributed by atoms with Crippen LogP contribution in [0.15, 0.2) is 53.9 Å². The van der Waals surface area contributed by atoms with Crippen LogP contribution in [0.3, 0.4) is 0 Å². The minimum Gasteiger partial charge on any atom is -0.481 e. The van der Waals surface area contributed by atoms with Crippen LogP contribution in [-0.4, -0.2) is 45.3 Å². The highest BCUT2D eigenvalue weighted by Gasteiger charge is 2.30. The number of alkyl carbamates (subject to hydrolysis) is 1. The summed E-state index contributed by atoms with van der Waals surface area (Å²) < 4.78 is 9.28. The predicted octanol–water partition coefficient (Wildman–Crippen LogP) is 3.49. The van der Waals surface area contributed by atoms with Crippen molar-refractivity contribution in [3.8, 4) is 11.1 Å². The third kappa shape index (κ3) is 5.23. The number of aromatic nitrogens is 2. The zero-order valence-corrected chi connectivity index (χ0v) is 19.2. The molecule has 34 heavy (non-hydrogen) atoms. The highest BCUT2D eigenvalue weighted by atomic mass is 32.1. The van der Waals surface area contributed by atoms with E-state index in [1.54, 1.807) is 12.3 Å². The summed E-state index contributed by atoms with van der Waals surface area (Å²) >= 11 is 1.16. The molecule has 0 radical (unpaired) electrons. The Morgan fingerprint density at radius 1 is 1.06 bits per heavy atom. The van der Waals surface area contributed by atoms with Crippen LogP contribution in [0, 0.1) is 0 Å². The minimum atomic E-state index is -1.07. The Hall–Kier alpha value is -3.79. The molecule has 4 rings (SSSR count). The molecule has 0 spiro atoms. The fourth-order valence-electron chi connectivity index (χ4n) is 4.07. The maximum absolute atomic E-state index is 12.8. The first-order valence-corrected chi connectivity index (χ1v) is 11.7. The number of carbonyl (C=O) groups excluding carboxylic acids is 2. The van der Waals surface area contributed by atoms with Crippen LogP contribution >= 0.6 is 11.5 Å². The summed E-state index contributed by atoms with van der Waals surface area (Å²) in [5, 5.41) is 19.9. The van der Waals surface area contributed by atoms with E-state index in [-0.39, 0.29) is 25.4 Å². The molecular formula is C24H24N4O5S. The number of amides is 2. The van der Waals surface area contributed by atoms with Gasteiger partial charge in [-0.15, -0.1) is 5.10 Å². The second-order valence-corrected chi connectivity index (χ2v) is 8.62. The van der Waals surface area contributed by atoms with E-state index in [1.165, 1.54) is 0 Å². The second kappa shape index (κ2) is 10.4. The van der Waals surface area contributed by atoms with Gasteiger partial charge in [0.1, 0.15) is 12.6 Å². The van der Waals surface area contributed by atoms with Gasteiger partial charge in [-0.25, -0.2) is 4.79 Å². The summed E-state index contributed by atoms with van der Waals surface area (Å²) in [7, 11) is 0. The van der Waals surface area contributed by atoms with Gasteiger partial charge in [-0.2, -0.15) is 0 Å². The summed E-state index contributed by atoms with van der Waals surface area (Å²) in [6.07, 6.45) is -1.14. The average molecular weight is 481 g/mol. The van der Waals surface area contributed by atoms with E-state index in [9.17, 15) is 14.4 Å². The summed E-state index contributed by atoms with van der Waals surface area (Å²) in [5.41, 5.74) is 4.94. The Kier molecular flexibility index (Phi) is 7.17. The van der Waals surface area contributed by atoms with E-state index in [0.29, 0.717) is 5.69 Å². The molecule has 2 unspecified atom stereocenters. The number of hydrogen-bond donors (Lipinski definition) is 3. The summed E-state index contributed by atoms with van der Waals surface area (Å²) in [5.74, 6) is -1.71. The van der Waals surface area contributed by atoms with Gasteiger partial charge in [0.15, 0.2) is 0 Å². The van der Waals surface area contributed by atoms with Crippen molar-refractivity contribution in [3.63, 3.8) is 0 Å². The van der Waals surface area contributed by atoms with E-state index >= 15 is 0 Å². The monoisotopic (exact) mass is 480 g/mol. The van der Waals surface area contributed by atoms with Crippen LogP contribution in [-0.2, 0) is 14.3 Å². The number of nitrogens with one attached hydrogen (secondary N) is 2. The summed E-state index contributed by atoms with van der Waals surface area (Å²) in [6.45, 7) is 1.82. The van der Waals surface area contributed by atoms with Crippen molar-refractivity contribution in [2.24, 2.45) is 0 Å². The number of fused-ring (bicyclic) bond motifs is 3. The lowest BCUT2D eigenvalue weighted by atomic mass is 9.98. The summed E-state index contributed by atoms with van der Waals surface area (Å²) in [6, 6.07) is 14.4. The van der Waals surface area contributed by atoms with Crippen molar-refractivity contribution in [2.75, 3.05) is 6.61 Å². The van der Waals surface area contributed by atoms with Gasteiger partial charge >= 0.3 is 12.1 Å². The Morgan fingerprint density at radius 3 is 2.29 bits per heavy atom. The first-order chi connectivity index (χ1) is 16.4.